The number of aromatic nitrogens is 2. The van der Waals surface area contributed by atoms with Gasteiger partial charge in [-0.3, -0.25) is 4.40 Å². The lowest BCUT2D eigenvalue weighted by molar-refractivity contribution is 0.965. The predicted molar refractivity (Wildman–Crippen MR) is 53.0 cm³/mol. The van der Waals surface area contributed by atoms with Crippen LogP contribution in [0.2, 0.25) is 5.28 Å². The Hall–Kier alpha value is -1.06. The zero-order valence-corrected chi connectivity index (χ0v) is 7.83. The van der Waals surface area contributed by atoms with Gasteiger partial charge in [0.1, 0.15) is 0 Å². The Labute approximate surface area is 81.1 Å². The smallest absolute Gasteiger partial charge is 0.207 e. The summed E-state index contributed by atoms with van der Waals surface area (Å²) >= 11 is 5.87. The highest BCUT2D eigenvalue weighted by molar-refractivity contribution is 6.28. The number of pyridine rings is 1. The van der Waals surface area contributed by atoms with Crippen LogP contribution in [0.15, 0.2) is 24.5 Å². The standard InChI is InChI=1S/C9H10ClN3/c10-9-12-6-8-7(3-4-11)2-1-5-13(8)9/h1-2,5-6H,3-4,11H2. The van der Waals surface area contributed by atoms with Crippen molar-refractivity contribution in [2.24, 2.45) is 5.73 Å². The van der Waals surface area contributed by atoms with Crippen LogP contribution in [0.3, 0.4) is 0 Å². The molecule has 2 aromatic rings. The third-order valence-corrected chi connectivity index (χ3v) is 2.31. The fourth-order valence-electron chi connectivity index (χ4n) is 1.42. The second kappa shape index (κ2) is 3.36. The van der Waals surface area contributed by atoms with Gasteiger partial charge in [0.25, 0.3) is 0 Å². The Morgan fingerprint density at radius 1 is 1.54 bits per heavy atom. The molecule has 0 aliphatic heterocycles. The molecule has 2 rings (SSSR count). The van der Waals surface area contributed by atoms with E-state index < -0.39 is 0 Å². The molecular formula is C9H10ClN3. The van der Waals surface area contributed by atoms with Crippen molar-refractivity contribution in [1.82, 2.24) is 9.38 Å². The van der Waals surface area contributed by atoms with Crippen LogP contribution in [0.5, 0.6) is 0 Å². The first-order valence-electron chi connectivity index (χ1n) is 4.13. The van der Waals surface area contributed by atoms with Crippen molar-refractivity contribution in [3.05, 3.63) is 35.4 Å². The maximum atomic E-state index is 5.87. The van der Waals surface area contributed by atoms with Crippen molar-refractivity contribution in [1.29, 1.82) is 0 Å². The van der Waals surface area contributed by atoms with Gasteiger partial charge in [-0.15, -0.1) is 0 Å². The molecule has 2 aromatic heterocycles. The molecule has 13 heavy (non-hydrogen) atoms. The zero-order chi connectivity index (χ0) is 9.26. The molecule has 0 radical (unpaired) electrons. The average molecular weight is 196 g/mol. The third-order valence-electron chi connectivity index (χ3n) is 2.03. The first-order chi connectivity index (χ1) is 6.33. The lowest BCUT2D eigenvalue weighted by atomic mass is 10.2. The van der Waals surface area contributed by atoms with Crippen LogP contribution < -0.4 is 5.73 Å². The second-order valence-corrected chi connectivity index (χ2v) is 3.19. The van der Waals surface area contributed by atoms with E-state index >= 15 is 0 Å². The van der Waals surface area contributed by atoms with Crippen LogP contribution in [0.25, 0.3) is 5.52 Å². The van der Waals surface area contributed by atoms with Crippen molar-refractivity contribution < 1.29 is 0 Å². The number of fused-ring (bicyclic) bond motifs is 1. The highest BCUT2D eigenvalue weighted by Crippen LogP contribution is 2.15. The molecule has 4 heteroatoms. The van der Waals surface area contributed by atoms with Crippen molar-refractivity contribution in [3.63, 3.8) is 0 Å². The number of hydrogen-bond acceptors (Lipinski definition) is 2. The van der Waals surface area contributed by atoms with Crippen molar-refractivity contribution in [2.75, 3.05) is 6.54 Å². The molecule has 0 aliphatic carbocycles. The molecule has 0 aromatic carbocycles. The molecule has 2 heterocycles. The van der Waals surface area contributed by atoms with Crippen molar-refractivity contribution in [3.8, 4) is 0 Å². The van der Waals surface area contributed by atoms with Gasteiger partial charge in [-0.05, 0) is 36.2 Å². The third kappa shape index (κ3) is 1.41. The molecular weight excluding hydrogens is 186 g/mol. The van der Waals surface area contributed by atoms with Crippen molar-refractivity contribution >= 4 is 17.1 Å². The Bertz CT molecular complexity index is 422. The summed E-state index contributed by atoms with van der Waals surface area (Å²) in [6.45, 7) is 0.641. The Balaban J connectivity index is 2.63. The Kier molecular flexibility index (Phi) is 2.20. The van der Waals surface area contributed by atoms with E-state index in [-0.39, 0.29) is 0 Å². The summed E-state index contributed by atoms with van der Waals surface area (Å²) in [6.07, 6.45) is 4.52. The zero-order valence-electron chi connectivity index (χ0n) is 7.07. The molecule has 0 bridgehead atoms. The largest absolute Gasteiger partial charge is 0.330 e. The lowest BCUT2D eigenvalue weighted by Crippen LogP contribution is -2.03. The van der Waals surface area contributed by atoms with Gasteiger partial charge in [-0.1, -0.05) is 6.07 Å². The van der Waals surface area contributed by atoms with Gasteiger partial charge in [0.05, 0.1) is 11.7 Å². The average Bonchev–Trinajstić information content (AvgIpc) is 2.50. The van der Waals surface area contributed by atoms with Gasteiger partial charge in [0.2, 0.25) is 5.28 Å². The summed E-state index contributed by atoms with van der Waals surface area (Å²) in [6, 6.07) is 3.99. The predicted octanol–water partition coefficient (Wildman–Crippen LogP) is 1.49. The summed E-state index contributed by atoms with van der Waals surface area (Å²) in [7, 11) is 0. The first-order valence-corrected chi connectivity index (χ1v) is 4.51. The fourth-order valence-corrected chi connectivity index (χ4v) is 1.61. The van der Waals surface area contributed by atoms with E-state index in [0.29, 0.717) is 11.8 Å². The van der Waals surface area contributed by atoms with Gasteiger partial charge in [-0.25, -0.2) is 4.98 Å². The van der Waals surface area contributed by atoms with E-state index in [1.54, 1.807) is 6.20 Å². The van der Waals surface area contributed by atoms with Crippen LogP contribution >= 0.6 is 11.6 Å². The molecule has 0 saturated heterocycles. The molecule has 2 N–H and O–H groups in total. The summed E-state index contributed by atoms with van der Waals surface area (Å²) in [5.41, 5.74) is 7.72. The van der Waals surface area contributed by atoms with Crippen molar-refractivity contribution in [2.45, 2.75) is 6.42 Å². The maximum absolute atomic E-state index is 5.87. The number of rotatable bonds is 2. The quantitative estimate of drug-likeness (QED) is 0.789. The first kappa shape index (κ1) is 8.53. The number of imidazole rings is 1. The highest BCUT2D eigenvalue weighted by Gasteiger charge is 2.03. The number of nitrogens with zero attached hydrogens (tertiary/aromatic N) is 2. The van der Waals surface area contributed by atoms with Crippen LogP contribution in [-0.2, 0) is 6.42 Å². The number of hydrogen-bond donors (Lipinski definition) is 1. The molecule has 0 unspecified atom stereocenters. The summed E-state index contributed by atoms with van der Waals surface area (Å²) in [5, 5.41) is 0.494. The molecule has 0 fully saturated rings. The van der Waals surface area contributed by atoms with Gasteiger partial charge in [0, 0.05) is 6.20 Å². The molecule has 68 valence electrons. The summed E-state index contributed by atoms with van der Waals surface area (Å²) in [4.78, 5) is 4.03. The summed E-state index contributed by atoms with van der Waals surface area (Å²) < 4.78 is 1.85. The number of nitrogens with two attached hydrogens (primary N) is 1. The minimum Gasteiger partial charge on any atom is -0.330 e. The number of halogens is 1. The minimum absolute atomic E-state index is 0.494. The Morgan fingerprint density at radius 2 is 2.38 bits per heavy atom. The van der Waals surface area contributed by atoms with E-state index in [2.05, 4.69) is 4.98 Å². The van der Waals surface area contributed by atoms with Crippen LogP contribution in [0.4, 0.5) is 0 Å². The van der Waals surface area contributed by atoms with Gasteiger partial charge in [0.15, 0.2) is 0 Å². The summed E-state index contributed by atoms with van der Waals surface area (Å²) in [5.74, 6) is 0. The van der Waals surface area contributed by atoms with Crippen LogP contribution in [-0.4, -0.2) is 15.9 Å². The van der Waals surface area contributed by atoms with E-state index in [4.69, 9.17) is 17.3 Å². The van der Waals surface area contributed by atoms with Crippen LogP contribution in [0.1, 0.15) is 5.56 Å². The molecule has 0 amide bonds. The fraction of sp³-hybridized carbons (Fsp3) is 0.222. The Morgan fingerprint density at radius 3 is 3.15 bits per heavy atom. The molecule has 0 atom stereocenters. The topological polar surface area (TPSA) is 43.3 Å². The van der Waals surface area contributed by atoms with E-state index in [1.807, 2.05) is 22.7 Å². The van der Waals surface area contributed by atoms with Gasteiger partial charge >= 0.3 is 0 Å². The SMILES string of the molecule is NCCc1cccn2c(Cl)ncc12. The second-order valence-electron chi connectivity index (χ2n) is 2.85. The lowest BCUT2D eigenvalue weighted by Gasteiger charge is -2.01. The minimum atomic E-state index is 0.494. The normalized spacial score (nSPS) is 10.9. The van der Waals surface area contributed by atoms with Gasteiger partial charge in [-0.2, -0.15) is 0 Å². The monoisotopic (exact) mass is 195 g/mol. The highest BCUT2D eigenvalue weighted by atomic mass is 35.5. The molecule has 0 spiro atoms. The van der Waals surface area contributed by atoms with Gasteiger partial charge < -0.3 is 5.73 Å². The maximum Gasteiger partial charge on any atom is 0.207 e. The molecule has 0 aliphatic rings. The van der Waals surface area contributed by atoms with Crippen LogP contribution in [0, 0.1) is 0 Å². The molecule has 3 nitrogen and oxygen atoms in total. The van der Waals surface area contributed by atoms with E-state index in [0.717, 1.165) is 11.9 Å². The van der Waals surface area contributed by atoms with E-state index in [1.165, 1.54) is 5.56 Å². The van der Waals surface area contributed by atoms with E-state index in [9.17, 15) is 0 Å². The molecule has 0 saturated carbocycles.